The van der Waals surface area contributed by atoms with Gasteiger partial charge in [0.1, 0.15) is 0 Å². The molecule has 4 rings (SSSR count). The zero-order valence-corrected chi connectivity index (χ0v) is 18.6. The van der Waals surface area contributed by atoms with E-state index >= 15 is 0 Å². The van der Waals surface area contributed by atoms with Gasteiger partial charge in [-0.05, 0) is 55.2 Å². The van der Waals surface area contributed by atoms with E-state index < -0.39 is 0 Å². The van der Waals surface area contributed by atoms with Crippen LogP contribution in [0.4, 0.5) is 0 Å². The largest absolute Gasteiger partial charge is 0.260 e. The lowest BCUT2D eigenvalue weighted by Crippen LogP contribution is -2.26. The first-order valence-electron chi connectivity index (χ1n) is 11.0. The molecule has 2 heteroatoms. The molecule has 2 nitrogen and oxygen atoms in total. The van der Waals surface area contributed by atoms with E-state index in [-0.39, 0.29) is 10.8 Å². The monoisotopic (exact) mass is 406 g/mol. The average Bonchev–Trinajstić information content (AvgIpc) is 2.84. The predicted molar refractivity (Wildman–Crippen MR) is 128 cm³/mol. The Bertz CT molecular complexity index is 1060. The van der Waals surface area contributed by atoms with E-state index in [1.165, 1.54) is 11.1 Å². The lowest BCUT2D eigenvalue weighted by atomic mass is 9.75. The molecular formula is C29H30N2. The second-order valence-electron chi connectivity index (χ2n) is 8.92. The van der Waals surface area contributed by atoms with Crippen molar-refractivity contribution in [2.75, 3.05) is 0 Å². The predicted octanol–water partition coefficient (Wildman–Crippen LogP) is 6.74. The lowest BCUT2D eigenvalue weighted by molar-refractivity contribution is 0.499. The molecule has 31 heavy (non-hydrogen) atoms. The van der Waals surface area contributed by atoms with Crippen molar-refractivity contribution in [1.29, 1.82) is 0 Å². The fourth-order valence-corrected chi connectivity index (χ4v) is 4.26. The number of hydrogen-bond acceptors (Lipinski definition) is 2. The number of nitrogens with zero attached hydrogens (tertiary/aromatic N) is 2. The van der Waals surface area contributed by atoms with Crippen LogP contribution < -0.4 is 0 Å². The maximum atomic E-state index is 5.09. The van der Waals surface area contributed by atoms with Crippen molar-refractivity contribution < 1.29 is 0 Å². The van der Waals surface area contributed by atoms with E-state index in [0.717, 1.165) is 29.9 Å². The van der Waals surface area contributed by atoms with Crippen LogP contribution in [-0.4, -0.2) is 9.97 Å². The molecule has 156 valence electrons. The summed E-state index contributed by atoms with van der Waals surface area (Å²) in [6.07, 6.45) is 3.72. The average molecular weight is 407 g/mol. The van der Waals surface area contributed by atoms with Crippen molar-refractivity contribution in [2.45, 2.75) is 44.4 Å². The van der Waals surface area contributed by atoms with Crippen LogP contribution in [0.15, 0.2) is 103 Å². The third kappa shape index (κ3) is 4.44. The fourth-order valence-electron chi connectivity index (χ4n) is 4.26. The molecule has 0 bridgehead atoms. The minimum absolute atomic E-state index is 0.138. The third-order valence-electron chi connectivity index (χ3n) is 6.46. The SMILES string of the molecule is CC(C)(c1ccccc1)c1cccc(CCC(C)(c2ccccc2)c2ccccn2)n1. The highest BCUT2D eigenvalue weighted by molar-refractivity contribution is 5.36. The van der Waals surface area contributed by atoms with Crippen molar-refractivity contribution in [1.82, 2.24) is 9.97 Å². The summed E-state index contributed by atoms with van der Waals surface area (Å²) in [7, 11) is 0. The molecule has 0 N–H and O–H groups in total. The molecule has 0 radical (unpaired) electrons. The van der Waals surface area contributed by atoms with Crippen LogP contribution in [0, 0.1) is 0 Å². The Morgan fingerprint density at radius 2 is 1.23 bits per heavy atom. The van der Waals surface area contributed by atoms with E-state index in [9.17, 15) is 0 Å². The molecule has 0 aliphatic heterocycles. The summed E-state index contributed by atoms with van der Waals surface area (Å²) in [5.74, 6) is 0. The van der Waals surface area contributed by atoms with E-state index in [1.807, 2.05) is 12.3 Å². The Morgan fingerprint density at radius 1 is 0.613 bits per heavy atom. The van der Waals surface area contributed by atoms with Gasteiger partial charge in [0.25, 0.3) is 0 Å². The Balaban J connectivity index is 1.62. The van der Waals surface area contributed by atoms with Crippen LogP contribution in [-0.2, 0) is 17.3 Å². The standard InChI is InChI=1S/C29H30N2/c1-28(2,23-13-6-4-7-14-23)26-19-12-17-25(31-26)20-21-29(3,24-15-8-5-9-16-24)27-18-10-11-22-30-27/h4-19,22H,20-21H2,1-3H3. The van der Waals surface area contributed by atoms with Gasteiger partial charge in [-0.3, -0.25) is 9.97 Å². The van der Waals surface area contributed by atoms with Gasteiger partial charge in [0, 0.05) is 22.7 Å². The van der Waals surface area contributed by atoms with Crippen molar-refractivity contribution in [3.05, 3.63) is 131 Å². The van der Waals surface area contributed by atoms with Crippen LogP contribution in [0.25, 0.3) is 0 Å². The highest BCUT2D eigenvalue weighted by Gasteiger charge is 2.30. The van der Waals surface area contributed by atoms with Gasteiger partial charge in [-0.15, -0.1) is 0 Å². The van der Waals surface area contributed by atoms with Gasteiger partial charge in [-0.25, -0.2) is 0 Å². The molecule has 0 spiro atoms. The molecule has 0 amide bonds. The van der Waals surface area contributed by atoms with Crippen LogP contribution >= 0.6 is 0 Å². The molecule has 0 aliphatic rings. The first-order valence-corrected chi connectivity index (χ1v) is 11.0. The highest BCUT2D eigenvalue weighted by atomic mass is 14.7. The molecule has 0 fully saturated rings. The molecule has 1 unspecified atom stereocenters. The number of benzene rings is 2. The Morgan fingerprint density at radius 3 is 1.87 bits per heavy atom. The summed E-state index contributed by atoms with van der Waals surface area (Å²) in [6, 6.07) is 33.9. The molecule has 2 aromatic heterocycles. The minimum atomic E-state index is -0.171. The number of aryl methyl sites for hydroxylation is 1. The van der Waals surface area contributed by atoms with Gasteiger partial charge in [-0.1, -0.05) is 86.6 Å². The normalized spacial score (nSPS) is 13.5. The maximum absolute atomic E-state index is 5.09. The number of aromatic nitrogens is 2. The molecular weight excluding hydrogens is 376 g/mol. The van der Waals surface area contributed by atoms with Crippen LogP contribution in [0.3, 0.4) is 0 Å². The summed E-state index contributed by atoms with van der Waals surface area (Å²) in [5, 5.41) is 0. The first kappa shape index (κ1) is 21.0. The number of hydrogen-bond donors (Lipinski definition) is 0. The van der Waals surface area contributed by atoms with E-state index in [4.69, 9.17) is 9.97 Å². The molecule has 2 aromatic carbocycles. The van der Waals surface area contributed by atoms with E-state index in [0.29, 0.717) is 0 Å². The van der Waals surface area contributed by atoms with Gasteiger partial charge in [0.2, 0.25) is 0 Å². The second kappa shape index (κ2) is 8.85. The minimum Gasteiger partial charge on any atom is -0.260 e. The summed E-state index contributed by atoms with van der Waals surface area (Å²) < 4.78 is 0. The Kier molecular flexibility index (Phi) is 5.99. The Labute approximate surface area is 186 Å². The zero-order chi connectivity index (χ0) is 21.7. The van der Waals surface area contributed by atoms with Gasteiger partial charge < -0.3 is 0 Å². The maximum Gasteiger partial charge on any atom is 0.0506 e. The van der Waals surface area contributed by atoms with Gasteiger partial charge in [0.15, 0.2) is 0 Å². The molecule has 0 saturated heterocycles. The van der Waals surface area contributed by atoms with Crippen molar-refractivity contribution in [3.63, 3.8) is 0 Å². The van der Waals surface area contributed by atoms with Crippen molar-refractivity contribution in [2.24, 2.45) is 0 Å². The smallest absolute Gasteiger partial charge is 0.0506 e. The summed E-state index contributed by atoms with van der Waals surface area (Å²) in [6.45, 7) is 6.79. The number of rotatable bonds is 7. The van der Waals surface area contributed by atoms with Gasteiger partial charge >= 0.3 is 0 Å². The summed E-state index contributed by atoms with van der Waals surface area (Å²) >= 11 is 0. The van der Waals surface area contributed by atoms with Gasteiger partial charge in [0.05, 0.1) is 11.4 Å². The second-order valence-corrected chi connectivity index (χ2v) is 8.92. The summed E-state index contributed by atoms with van der Waals surface area (Å²) in [4.78, 5) is 9.81. The lowest BCUT2D eigenvalue weighted by Gasteiger charge is -2.30. The molecule has 0 saturated carbocycles. The van der Waals surface area contributed by atoms with Crippen molar-refractivity contribution in [3.8, 4) is 0 Å². The van der Waals surface area contributed by atoms with Crippen LogP contribution in [0.5, 0.6) is 0 Å². The van der Waals surface area contributed by atoms with Crippen LogP contribution in [0.1, 0.15) is 55.4 Å². The molecule has 0 aliphatic carbocycles. The van der Waals surface area contributed by atoms with E-state index in [2.05, 4.69) is 112 Å². The quantitative estimate of drug-likeness (QED) is 0.339. The molecule has 4 aromatic rings. The highest BCUT2D eigenvalue weighted by Crippen LogP contribution is 2.35. The third-order valence-corrected chi connectivity index (χ3v) is 6.46. The van der Waals surface area contributed by atoms with Crippen LogP contribution in [0.2, 0.25) is 0 Å². The topological polar surface area (TPSA) is 25.8 Å². The molecule has 1 atom stereocenters. The zero-order valence-electron chi connectivity index (χ0n) is 18.6. The summed E-state index contributed by atoms with van der Waals surface area (Å²) in [5.41, 5.74) is 5.59. The van der Waals surface area contributed by atoms with Crippen molar-refractivity contribution >= 4 is 0 Å². The van der Waals surface area contributed by atoms with E-state index in [1.54, 1.807) is 0 Å². The first-order chi connectivity index (χ1) is 15.0. The fraction of sp³-hybridized carbons (Fsp3) is 0.241. The Hall–Kier alpha value is -3.26. The number of pyridine rings is 2. The molecule has 2 heterocycles. The van der Waals surface area contributed by atoms with Gasteiger partial charge in [-0.2, -0.15) is 0 Å².